The minimum Gasteiger partial charge on any atom is -0.305 e. The second kappa shape index (κ2) is 4.98. The van der Waals surface area contributed by atoms with Crippen LogP contribution in [0.4, 0.5) is 0 Å². The molecule has 1 atom stereocenters. The number of carbonyl (C=O) groups is 1. The SMILES string of the molecule is CCCC1(C(=O)c2sccc2Br)CCCN1. The fourth-order valence-electron chi connectivity index (χ4n) is 2.43. The first-order valence-corrected chi connectivity index (χ1v) is 7.40. The van der Waals surface area contributed by atoms with E-state index in [-0.39, 0.29) is 11.3 Å². The Bertz CT molecular complexity index is 382. The average Bonchev–Trinajstić information content (AvgIpc) is 2.87. The van der Waals surface area contributed by atoms with E-state index in [0.29, 0.717) is 0 Å². The number of rotatable bonds is 4. The van der Waals surface area contributed by atoms with Gasteiger partial charge in [0, 0.05) is 4.47 Å². The molecule has 88 valence electrons. The number of hydrogen-bond donors (Lipinski definition) is 1. The van der Waals surface area contributed by atoms with Crippen LogP contribution >= 0.6 is 27.3 Å². The third-order valence-corrected chi connectivity index (χ3v) is 5.02. The maximum absolute atomic E-state index is 12.6. The molecular weight excluding hydrogens is 286 g/mol. The van der Waals surface area contributed by atoms with Crippen molar-refractivity contribution < 1.29 is 4.79 Å². The predicted octanol–water partition coefficient (Wildman–Crippen LogP) is 3.62. The van der Waals surface area contributed by atoms with Crippen molar-refractivity contribution in [3.05, 3.63) is 20.8 Å². The lowest BCUT2D eigenvalue weighted by Gasteiger charge is -2.27. The average molecular weight is 302 g/mol. The Kier molecular flexibility index (Phi) is 3.82. The minimum absolute atomic E-state index is 0.272. The standard InChI is InChI=1S/C12H16BrNOS/c1-2-5-12(6-3-7-14-12)11(15)10-9(13)4-8-16-10/h4,8,14H,2-3,5-7H2,1H3. The third-order valence-electron chi connectivity index (χ3n) is 3.18. The van der Waals surface area contributed by atoms with Crippen molar-refractivity contribution >= 4 is 33.0 Å². The number of hydrogen-bond acceptors (Lipinski definition) is 3. The molecule has 1 N–H and O–H groups in total. The molecule has 2 heterocycles. The number of halogens is 1. The largest absolute Gasteiger partial charge is 0.305 e. The van der Waals surface area contributed by atoms with E-state index in [2.05, 4.69) is 28.2 Å². The van der Waals surface area contributed by atoms with E-state index in [4.69, 9.17) is 0 Å². The number of Topliss-reactive ketones (excluding diaryl/α,β-unsaturated/α-hetero) is 1. The number of thiophene rings is 1. The third kappa shape index (κ3) is 2.11. The van der Waals surface area contributed by atoms with Crippen LogP contribution in [0.2, 0.25) is 0 Å². The van der Waals surface area contributed by atoms with Crippen molar-refractivity contribution in [1.82, 2.24) is 5.32 Å². The van der Waals surface area contributed by atoms with Gasteiger partial charge in [0.1, 0.15) is 0 Å². The Morgan fingerprint density at radius 1 is 1.69 bits per heavy atom. The molecule has 2 nitrogen and oxygen atoms in total. The fourth-order valence-corrected chi connectivity index (χ4v) is 4.02. The Morgan fingerprint density at radius 2 is 2.50 bits per heavy atom. The molecule has 0 amide bonds. The summed E-state index contributed by atoms with van der Waals surface area (Å²) < 4.78 is 0.937. The first kappa shape index (κ1) is 12.3. The maximum Gasteiger partial charge on any atom is 0.193 e. The zero-order valence-electron chi connectivity index (χ0n) is 9.38. The Balaban J connectivity index is 2.27. The van der Waals surface area contributed by atoms with Gasteiger partial charge in [-0.05, 0) is 53.2 Å². The van der Waals surface area contributed by atoms with Gasteiger partial charge in [-0.15, -0.1) is 11.3 Å². The van der Waals surface area contributed by atoms with Crippen LogP contribution < -0.4 is 5.32 Å². The van der Waals surface area contributed by atoms with Gasteiger partial charge in [-0.25, -0.2) is 0 Å². The Hall–Kier alpha value is -0.190. The molecule has 1 unspecified atom stereocenters. The van der Waals surface area contributed by atoms with E-state index in [1.54, 1.807) is 0 Å². The topological polar surface area (TPSA) is 29.1 Å². The zero-order chi connectivity index (χ0) is 11.6. The molecule has 1 aliphatic rings. The number of carbonyl (C=O) groups excluding carboxylic acids is 1. The molecule has 4 heteroatoms. The van der Waals surface area contributed by atoms with Crippen LogP contribution in [0.3, 0.4) is 0 Å². The molecule has 0 bridgehead atoms. The van der Waals surface area contributed by atoms with Gasteiger partial charge >= 0.3 is 0 Å². The monoisotopic (exact) mass is 301 g/mol. The molecular formula is C12H16BrNOS. The van der Waals surface area contributed by atoms with Crippen molar-refractivity contribution in [2.75, 3.05) is 6.54 Å². The van der Waals surface area contributed by atoms with Crippen LogP contribution in [0.25, 0.3) is 0 Å². The highest BCUT2D eigenvalue weighted by molar-refractivity contribution is 9.10. The Morgan fingerprint density at radius 3 is 3.00 bits per heavy atom. The highest BCUT2D eigenvalue weighted by Gasteiger charge is 2.41. The summed E-state index contributed by atoms with van der Waals surface area (Å²) in [5, 5.41) is 5.39. The van der Waals surface area contributed by atoms with Gasteiger partial charge in [0.15, 0.2) is 5.78 Å². The summed E-state index contributed by atoms with van der Waals surface area (Å²) >= 11 is 4.98. The van der Waals surface area contributed by atoms with Crippen LogP contribution in [0, 0.1) is 0 Å². The van der Waals surface area contributed by atoms with Gasteiger partial charge < -0.3 is 5.32 Å². The van der Waals surface area contributed by atoms with Crippen molar-refractivity contribution in [1.29, 1.82) is 0 Å². The summed E-state index contributed by atoms with van der Waals surface area (Å²) in [5.74, 6) is 0.272. The molecule has 1 aliphatic heterocycles. The van der Waals surface area contributed by atoms with Gasteiger partial charge in [0.25, 0.3) is 0 Å². The number of nitrogens with one attached hydrogen (secondary N) is 1. The van der Waals surface area contributed by atoms with Gasteiger partial charge in [-0.1, -0.05) is 13.3 Å². The molecule has 0 spiro atoms. The van der Waals surface area contributed by atoms with Gasteiger partial charge in [-0.2, -0.15) is 0 Å². The molecule has 1 aromatic rings. The van der Waals surface area contributed by atoms with Crippen molar-refractivity contribution in [3.63, 3.8) is 0 Å². The van der Waals surface area contributed by atoms with Gasteiger partial charge in [0.2, 0.25) is 0 Å². The van der Waals surface area contributed by atoms with E-state index >= 15 is 0 Å². The van der Waals surface area contributed by atoms with Gasteiger partial charge in [0.05, 0.1) is 10.4 Å². The lowest BCUT2D eigenvalue weighted by Crippen LogP contribution is -2.47. The summed E-state index contributed by atoms with van der Waals surface area (Å²) in [6.07, 6.45) is 4.07. The first-order chi connectivity index (χ1) is 7.69. The van der Waals surface area contributed by atoms with Crippen molar-refractivity contribution in [2.45, 2.75) is 38.1 Å². The quantitative estimate of drug-likeness (QED) is 0.861. The fraction of sp³-hybridized carbons (Fsp3) is 0.583. The normalized spacial score (nSPS) is 24.9. The van der Waals surface area contributed by atoms with E-state index in [1.807, 2.05) is 11.4 Å². The summed E-state index contributed by atoms with van der Waals surface area (Å²) in [5.41, 5.74) is -0.290. The summed E-state index contributed by atoms with van der Waals surface area (Å²) in [6.45, 7) is 3.10. The van der Waals surface area contributed by atoms with Crippen LogP contribution in [-0.4, -0.2) is 17.9 Å². The highest BCUT2D eigenvalue weighted by Crippen LogP contribution is 2.33. The summed E-state index contributed by atoms with van der Waals surface area (Å²) in [7, 11) is 0. The summed E-state index contributed by atoms with van der Waals surface area (Å²) in [6, 6.07) is 1.95. The van der Waals surface area contributed by atoms with Crippen LogP contribution in [0.5, 0.6) is 0 Å². The minimum atomic E-state index is -0.290. The van der Waals surface area contributed by atoms with E-state index < -0.39 is 0 Å². The maximum atomic E-state index is 12.6. The van der Waals surface area contributed by atoms with Crippen LogP contribution in [0.15, 0.2) is 15.9 Å². The lowest BCUT2D eigenvalue weighted by molar-refractivity contribution is 0.0861. The molecule has 2 rings (SSSR count). The molecule has 16 heavy (non-hydrogen) atoms. The molecule has 1 aromatic heterocycles. The molecule has 1 fully saturated rings. The van der Waals surface area contributed by atoms with Gasteiger partial charge in [-0.3, -0.25) is 4.79 Å². The summed E-state index contributed by atoms with van der Waals surface area (Å²) in [4.78, 5) is 13.4. The van der Waals surface area contributed by atoms with Crippen molar-refractivity contribution in [3.8, 4) is 0 Å². The first-order valence-electron chi connectivity index (χ1n) is 5.72. The lowest BCUT2D eigenvalue weighted by atomic mass is 9.86. The van der Waals surface area contributed by atoms with E-state index in [1.165, 1.54) is 11.3 Å². The predicted molar refractivity (Wildman–Crippen MR) is 71.2 cm³/mol. The second-order valence-corrected chi connectivity index (χ2v) is 6.06. The molecule has 0 saturated carbocycles. The molecule has 1 saturated heterocycles. The Labute approximate surface area is 109 Å². The van der Waals surface area contributed by atoms with E-state index in [9.17, 15) is 4.79 Å². The zero-order valence-corrected chi connectivity index (χ0v) is 11.8. The second-order valence-electron chi connectivity index (χ2n) is 4.29. The van der Waals surface area contributed by atoms with E-state index in [0.717, 1.165) is 41.6 Å². The molecule has 0 aromatic carbocycles. The molecule has 0 radical (unpaired) electrons. The van der Waals surface area contributed by atoms with Crippen LogP contribution in [-0.2, 0) is 0 Å². The molecule has 0 aliphatic carbocycles. The number of ketones is 1. The smallest absolute Gasteiger partial charge is 0.193 e. The highest BCUT2D eigenvalue weighted by atomic mass is 79.9. The van der Waals surface area contributed by atoms with Crippen LogP contribution in [0.1, 0.15) is 42.3 Å². The van der Waals surface area contributed by atoms with Crippen molar-refractivity contribution in [2.24, 2.45) is 0 Å².